The lowest BCUT2D eigenvalue weighted by molar-refractivity contribution is -0.157. The molecule has 5 heteroatoms. The van der Waals surface area contributed by atoms with Gasteiger partial charge in [-0.25, -0.2) is 9.59 Å². The Labute approximate surface area is 111 Å². The number of carbonyl (C=O) groups is 2. The van der Waals surface area contributed by atoms with E-state index in [9.17, 15) is 9.59 Å². The highest BCUT2D eigenvalue weighted by Gasteiger charge is 2.08. The lowest BCUT2D eigenvalue weighted by Crippen LogP contribution is -2.19. The van der Waals surface area contributed by atoms with Crippen LogP contribution in [0.1, 0.15) is 6.92 Å². The van der Waals surface area contributed by atoms with E-state index in [-0.39, 0.29) is 18.8 Å². The number of benzene rings is 1. The van der Waals surface area contributed by atoms with Gasteiger partial charge in [0, 0.05) is 5.57 Å². The third-order valence-corrected chi connectivity index (χ3v) is 2.03. The smallest absolute Gasteiger partial charge is 0.344 e. The fraction of sp³-hybridized carbons (Fsp3) is 0.286. The summed E-state index contributed by atoms with van der Waals surface area (Å²) in [6, 6.07) is 9.17. The average molecular weight is 264 g/mol. The second-order valence-electron chi connectivity index (χ2n) is 3.74. The Hall–Kier alpha value is -2.30. The third kappa shape index (κ3) is 6.26. The minimum absolute atomic E-state index is 0.0956. The molecule has 0 spiro atoms. The first-order valence-electron chi connectivity index (χ1n) is 5.75. The van der Waals surface area contributed by atoms with Crippen LogP contribution in [0.25, 0.3) is 0 Å². The zero-order chi connectivity index (χ0) is 14.1. The van der Waals surface area contributed by atoms with Crippen molar-refractivity contribution >= 4 is 11.9 Å². The molecule has 0 atom stereocenters. The summed E-state index contributed by atoms with van der Waals surface area (Å²) in [4.78, 5) is 22.2. The number of hydrogen-bond acceptors (Lipinski definition) is 5. The molecule has 0 aliphatic rings. The SMILES string of the molecule is C=C(C)C(=O)OCC(=O)OCCOc1ccccc1. The van der Waals surface area contributed by atoms with E-state index < -0.39 is 18.5 Å². The van der Waals surface area contributed by atoms with Crippen molar-refractivity contribution in [2.75, 3.05) is 19.8 Å². The summed E-state index contributed by atoms with van der Waals surface area (Å²) in [6.45, 7) is 4.81. The lowest BCUT2D eigenvalue weighted by Gasteiger charge is -2.07. The van der Waals surface area contributed by atoms with Gasteiger partial charge in [-0.1, -0.05) is 24.8 Å². The summed E-state index contributed by atoms with van der Waals surface area (Å²) in [6.07, 6.45) is 0. The largest absolute Gasteiger partial charge is 0.490 e. The van der Waals surface area contributed by atoms with Gasteiger partial charge in [0.15, 0.2) is 6.61 Å². The average Bonchev–Trinajstić information content (AvgIpc) is 2.42. The number of carbonyl (C=O) groups excluding carboxylic acids is 2. The molecule has 1 aromatic rings. The number of esters is 2. The quantitative estimate of drug-likeness (QED) is 0.426. The van der Waals surface area contributed by atoms with Crippen LogP contribution in [-0.4, -0.2) is 31.8 Å². The van der Waals surface area contributed by atoms with Crippen molar-refractivity contribution in [2.45, 2.75) is 6.92 Å². The van der Waals surface area contributed by atoms with Gasteiger partial charge in [-0.3, -0.25) is 0 Å². The van der Waals surface area contributed by atoms with Crippen LogP contribution in [-0.2, 0) is 19.1 Å². The van der Waals surface area contributed by atoms with E-state index in [0.29, 0.717) is 5.75 Å². The van der Waals surface area contributed by atoms with Crippen LogP contribution in [0, 0.1) is 0 Å². The first-order chi connectivity index (χ1) is 9.09. The normalized spacial score (nSPS) is 9.53. The summed E-state index contributed by atoms with van der Waals surface area (Å²) in [5.74, 6) is -0.531. The maximum Gasteiger partial charge on any atom is 0.344 e. The van der Waals surface area contributed by atoms with Gasteiger partial charge >= 0.3 is 11.9 Å². The highest BCUT2D eigenvalue weighted by atomic mass is 16.6. The van der Waals surface area contributed by atoms with Crippen molar-refractivity contribution in [1.82, 2.24) is 0 Å². The Morgan fingerprint density at radius 1 is 1.11 bits per heavy atom. The molecule has 0 saturated carbocycles. The van der Waals surface area contributed by atoms with Gasteiger partial charge in [-0.2, -0.15) is 0 Å². The fourth-order valence-electron chi connectivity index (χ4n) is 1.12. The van der Waals surface area contributed by atoms with Gasteiger partial charge < -0.3 is 14.2 Å². The second kappa shape index (κ2) is 7.92. The van der Waals surface area contributed by atoms with E-state index in [4.69, 9.17) is 9.47 Å². The van der Waals surface area contributed by atoms with Crippen molar-refractivity contribution in [3.05, 3.63) is 42.5 Å². The maximum atomic E-state index is 11.2. The molecule has 0 saturated heterocycles. The predicted octanol–water partition coefficient (Wildman–Crippen LogP) is 1.73. The van der Waals surface area contributed by atoms with Gasteiger partial charge in [0.1, 0.15) is 19.0 Å². The summed E-state index contributed by atoms with van der Waals surface area (Å²) < 4.78 is 14.8. The molecule has 0 heterocycles. The molecule has 0 amide bonds. The minimum atomic E-state index is -0.619. The highest BCUT2D eigenvalue weighted by Crippen LogP contribution is 2.07. The third-order valence-electron chi connectivity index (χ3n) is 2.03. The minimum Gasteiger partial charge on any atom is -0.490 e. The van der Waals surface area contributed by atoms with Gasteiger partial charge in [0.05, 0.1) is 0 Å². The topological polar surface area (TPSA) is 61.8 Å². The molecule has 1 aromatic carbocycles. The monoisotopic (exact) mass is 264 g/mol. The molecule has 0 aliphatic carbocycles. The van der Waals surface area contributed by atoms with Crippen LogP contribution in [0.4, 0.5) is 0 Å². The summed E-state index contributed by atoms with van der Waals surface area (Å²) in [5, 5.41) is 0. The Balaban J connectivity index is 2.11. The van der Waals surface area contributed by atoms with E-state index in [1.165, 1.54) is 6.92 Å². The van der Waals surface area contributed by atoms with Crippen LogP contribution in [0.2, 0.25) is 0 Å². The Kier molecular flexibility index (Phi) is 6.15. The summed E-state index contributed by atoms with van der Waals surface area (Å²) in [5.41, 5.74) is 0.236. The van der Waals surface area contributed by atoms with Crippen LogP contribution in [0.5, 0.6) is 5.75 Å². The van der Waals surface area contributed by atoms with E-state index in [0.717, 1.165) is 0 Å². The zero-order valence-electron chi connectivity index (χ0n) is 10.8. The molecule has 0 N–H and O–H groups in total. The fourth-order valence-corrected chi connectivity index (χ4v) is 1.12. The molecule has 0 bridgehead atoms. The second-order valence-corrected chi connectivity index (χ2v) is 3.74. The van der Waals surface area contributed by atoms with Gasteiger partial charge in [-0.15, -0.1) is 0 Å². The van der Waals surface area contributed by atoms with Crippen molar-refractivity contribution in [3.8, 4) is 5.75 Å². The molecule has 0 fully saturated rings. The predicted molar refractivity (Wildman–Crippen MR) is 68.7 cm³/mol. The number of hydrogen-bond donors (Lipinski definition) is 0. The number of para-hydroxylation sites is 1. The van der Waals surface area contributed by atoms with Crippen molar-refractivity contribution in [1.29, 1.82) is 0 Å². The molecule has 0 aliphatic heterocycles. The molecule has 102 valence electrons. The first-order valence-corrected chi connectivity index (χ1v) is 5.75. The molecular weight excluding hydrogens is 248 g/mol. The van der Waals surface area contributed by atoms with Gasteiger partial charge in [0.2, 0.25) is 0 Å². The Morgan fingerprint density at radius 3 is 2.42 bits per heavy atom. The van der Waals surface area contributed by atoms with Crippen molar-refractivity contribution in [3.63, 3.8) is 0 Å². The van der Waals surface area contributed by atoms with Crippen molar-refractivity contribution < 1.29 is 23.8 Å². The van der Waals surface area contributed by atoms with Crippen LogP contribution in [0.3, 0.4) is 0 Å². The Morgan fingerprint density at radius 2 is 1.79 bits per heavy atom. The van der Waals surface area contributed by atoms with Crippen LogP contribution >= 0.6 is 0 Å². The maximum absolute atomic E-state index is 11.2. The molecule has 0 radical (unpaired) electrons. The molecular formula is C14H16O5. The molecule has 0 unspecified atom stereocenters. The number of rotatable bonds is 7. The highest BCUT2D eigenvalue weighted by molar-refractivity contribution is 5.88. The van der Waals surface area contributed by atoms with E-state index in [1.54, 1.807) is 12.1 Å². The van der Waals surface area contributed by atoms with Gasteiger partial charge in [-0.05, 0) is 19.1 Å². The summed E-state index contributed by atoms with van der Waals surface area (Å²) >= 11 is 0. The zero-order valence-corrected chi connectivity index (χ0v) is 10.8. The van der Waals surface area contributed by atoms with Crippen LogP contribution in [0.15, 0.2) is 42.5 Å². The van der Waals surface area contributed by atoms with Gasteiger partial charge in [0.25, 0.3) is 0 Å². The van der Waals surface area contributed by atoms with E-state index >= 15 is 0 Å². The Bertz CT molecular complexity index is 438. The number of ether oxygens (including phenoxy) is 3. The molecule has 1 rings (SSSR count). The van der Waals surface area contributed by atoms with E-state index in [2.05, 4.69) is 11.3 Å². The molecule has 19 heavy (non-hydrogen) atoms. The standard InChI is InChI=1S/C14H16O5/c1-11(2)14(16)19-10-13(15)18-9-8-17-12-6-4-3-5-7-12/h3-7H,1,8-10H2,2H3. The summed E-state index contributed by atoms with van der Waals surface area (Å²) in [7, 11) is 0. The lowest BCUT2D eigenvalue weighted by atomic mass is 10.3. The van der Waals surface area contributed by atoms with Crippen molar-refractivity contribution in [2.24, 2.45) is 0 Å². The molecule has 0 aromatic heterocycles. The molecule has 5 nitrogen and oxygen atoms in total. The van der Waals surface area contributed by atoms with Crippen LogP contribution < -0.4 is 4.74 Å². The van der Waals surface area contributed by atoms with E-state index in [1.807, 2.05) is 18.2 Å². The first kappa shape index (κ1) is 14.8.